The zero-order valence-corrected chi connectivity index (χ0v) is 11.3. The molecule has 0 bridgehead atoms. The Balaban J connectivity index is 2.29. The average molecular weight is 290 g/mol. The Hall–Kier alpha value is -1.05. The topological polar surface area (TPSA) is 63.4 Å². The number of rotatable bonds is 2. The Morgan fingerprint density at radius 1 is 1.32 bits per heavy atom. The van der Waals surface area contributed by atoms with Gasteiger partial charge in [-0.05, 0) is 30.5 Å². The van der Waals surface area contributed by atoms with Gasteiger partial charge in [0.15, 0.2) is 11.6 Å². The van der Waals surface area contributed by atoms with Gasteiger partial charge in [0.1, 0.15) is 0 Å². The Morgan fingerprint density at radius 2 is 2.00 bits per heavy atom. The van der Waals surface area contributed by atoms with Crippen LogP contribution in [0.15, 0.2) is 23.1 Å². The summed E-state index contributed by atoms with van der Waals surface area (Å²) in [6.45, 7) is 2.47. The number of piperidine rings is 1. The number of hydrogen-bond donors (Lipinski definition) is 1. The average Bonchev–Trinajstić information content (AvgIpc) is 2.35. The van der Waals surface area contributed by atoms with E-state index in [4.69, 9.17) is 5.73 Å². The maximum Gasteiger partial charge on any atom is 0.243 e. The van der Waals surface area contributed by atoms with Crippen LogP contribution in [0.2, 0.25) is 0 Å². The first-order valence-electron chi connectivity index (χ1n) is 6.03. The number of benzene rings is 1. The number of halogens is 2. The van der Waals surface area contributed by atoms with E-state index in [9.17, 15) is 17.2 Å². The van der Waals surface area contributed by atoms with E-state index in [0.717, 1.165) is 12.1 Å². The number of nitrogens with two attached hydrogens (primary N) is 1. The van der Waals surface area contributed by atoms with Gasteiger partial charge >= 0.3 is 0 Å². The lowest BCUT2D eigenvalue weighted by Gasteiger charge is -2.34. The minimum Gasteiger partial charge on any atom is -0.327 e. The predicted octanol–water partition coefficient (Wildman–Crippen LogP) is 1.32. The van der Waals surface area contributed by atoms with Crippen molar-refractivity contribution < 1.29 is 17.2 Å². The van der Waals surface area contributed by atoms with Crippen LogP contribution in [0.1, 0.15) is 13.3 Å². The summed E-state index contributed by atoms with van der Waals surface area (Å²) in [4.78, 5) is -0.228. The quantitative estimate of drug-likeness (QED) is 0.893. The number of hydrogen-bond acceptors (Lipinski definition) is 3. The van der Waals surface area contributed by atoms with Crippen LogP contribution in [-0.2, 0) is 10.0 Å². The molecule has 7 heteroatoms. The molecule has 0 amide bonds. The smallest absolute Gasteiger partial charge is 0.243 e. The van der Waals surface area contributed by atoms with Gasteiger partial charge in [-0.25, -0.2) is 17.2 Å². The van der Waals surface area contributed by atoms with Crippen LogP contribution in [0.5, 0.6) is 0 Å². The van der Waals surface area contributed by atoms with Gasteiger partial charge < -0.3 is 5.73 Å². The van der Waals surface area contributed by atoms with Crippen LogP contribution in [0, 0.1) is 17.6 Å². The van der Waals surface area contributed by atoms with Gasteiger partial charge in [0.05, 0.1) is 4.90 Å². The molecule has 19 heavy (non-hydrogen) atoms. The minimum atomic E-state index is -3.79. The molecule has 2 atom stereocenters. The van der Waals surface area contributed by atoms with Gasteiger partial charge in [0.25, 0.3) is 0 Å². The van der Waals surface area contributed by atoms with Crippen LogP contribution in [0.3, 0.4) is 0 Å². The van der Waals surface area contributed by atoms with Gasteiger partial charge in [-0.1, -0.05) is 6.92 Å². The molecule has 2 N–H and O–H groups in total. The summed E-state index contributed by atoms with van der Waals surface area (Å²) in [7, 11) is -3.79. The van der Waals surface area contributed by atoms with Crippen molar-refractivity contribution in [3.05, 3.63) is 29.8 Å². The van der Waals surface area contributed by atoms with E-state index in [2.05, 4.69) is 0 Å². The first-order valence-corrected chi connectivity index (χ1v) is 7.47. The fourth-order valence-corrected chi connectivity index (χ4v) is 3.70. The Bertz CT molecular complexity index is 577. The summed E-state index contributed by atoms with van der Waals surface area (Å²) < 4.78 is 51.8. The second kappa shape index (κ2) is 5.15. The first kappa shape index (κ1) is 14.4. The predicted molar refractivity (Wildman–Crippen MR) is 66.9 cm³/mol. The highest BCUT2D eigenvalue weighted by Crippen LogP contribution is 2.24. The number of sulfonamides is 1. The van der Waals surface area contributed by atoms with Crippen molar-refractivity contribution in [2.24, 2.45) is 11.7 Å². The van der Waals surface area contributed by atoms with Crippen molar-refractivity contribution in [2.75, 3.05) is 13.1 Å². The zero-order valence-electron chi connectivity index (χ0n) is 10.5. The standard InChI is InChI=1S/C12H16F2N2O2S/c1-8-7-16(5-4-12(8)15)19(17,18)9-2-3-10(13)11(14)6-9/h2-3,6,8,12H,4-5,7,15H2,1H3. The third-order valence-electron chi connectivity index (χ3n) is 3.46. The van der Waals surface area contributed by atoms with E-state index in [1.54, 1.807) is 0 Å². The molecule has 1 aliphatic heterocycles. The van der Waals surface area contributed by atoms with E-state index in [0.29, 0.717) is 25.6 Å². The van der Waals surface area contributed by atoms with Gasteiger partial charge in [-0.2, -0.15) is 4.31 Å². The molecule has 0 aromatic heterocycles. The minimum absolute atomic E-state index is 0.0311. The van der Waals surface area contributed by atoms with Gasteiger partial charge in [0.2, 0.25) is 10.0 Å². The summed E-state index contributed by atoms with van der Waals surface area (Å²) >= 11 is 0. The largest absolute Gasteiger partial charge is 0.327 e. The highest BCUT2D eigenvalue weighted by atomic mass is 32.2. The maximum absolute atomic E-state index is 13.1. The molecule has 4 nitrogen and oxygen atoms in total. The normalized spacial score (nSPS) is 25.5. The first-order chi connectivity index (χ1) is 8.82. The van der Waals surface area contributed by atoms with Crippen LogP contribution < -0.4 is 5.73 Å². The van der Waals surface area contributed by atoms with Crippen molar-refractivity contribution in [3.8, 4) is 0 Å². The SMILES string of the molecule is CC1CN(S(=O)(=O)c2ccc(F)c(F)c2)CCC1N. The van der Waals surface area contributed by atoms with Crippen LogP contribution in [0.25, 0.3) is 0 Å². The van der Waals surface area contributed by atoms with Gasteiger partial charge in [-0.3, -0.25) is 0 Å². The van der Waals surface area contributed by atoms with Gasteiger partial charge in [0, 0.05) is 19.1 Å². The summed E-state index contributed by atoms with van der Waals surface area (Å²) in [5.74, 6) is -2.19. The molecule has 1 heterocycles. The van der Waals surface area contributed by atoms with Crippen molar-refractivity contribution in [2.45, 2.75) is 24.3 Å². The van der Waals surface area contributed by atoms with Gasteiger partial charge in [-0.15, -0.1) is 0 Å². The van der Waals surface area contributed by atoms with Crippen LogP contribution in [0.4, 0.5) is 8.78 Å². The lowest BCUT2D eigenvalue weighted by Crippen LogP contribution is -2.48. The summed E-state index contributed by atoms with van der Waals surface area (Å²) in [5.41, 5.74) is 5.84. The molecule has 106 valence electrons. The molecule has 0 aliphatic carbocycles. The fraction of sp³-hybridized carbons (Fsp3) is 0.500. The molecule has 0 saturated carbocycles. The van der Waals surface area contributed by atoms with E-state index < -0.39 is 21.7 Å². The number of nitrogens with zero attached hydrogens (tertiary/aromatic N) is 1. The third kappa shape index (κ3) is 2.77. The van der Waals surface area contributed by atoms with Crippen molar-refractivity contribution >= 4 is 10.0 Å². The Morgan fingerprint density at radius 3 is 2.58 bits per heavy atom. The highest BCUT2D eigenvalue weighted by Gasteiger charge is 2.32. The summed E-state index contributed by atoms with van der Waals surface area (Å²) in [6, 6.07) is 2.58. The van der Waals surface area contributed by atoms with E-state index in [-0.39, 0.29) is 16.9 Å². The Labute approximate surface area is 111 Å². The molecular weight excluding hydrogens is 274 g/mol. The van der Waals surface area contributed by atoms with Crippen LogP contribution >= 0.6 is 0 Å². The van der Waals surface area contributed by atoms with Crippen LogP contribution in [-0.4, -0.2) is 31.9 Å². The molecule has 1 aromatic rings. The van der Waals surface area contributed by atoms with E-state index >= 15 is 0 Å². The molecule has 1 aromatic carbocycles. The Kier molecular flexibility index (Phi) is 3.89. The molecule has 0 spiro atoms. The summed E-state index contributed by atoms with van der Waals surface area (Å²) in [5, 5.41) is 0. The third-order valence-corrected chi connectivity index (χ3v) is 5.32. The lowest BCUT2D eigenvalue weighted by atomic mass is 9.96. The molecule has 1 aliphatic rings. The van der Waals surface area contributed by atoms with Crippen molar-refractivity contribution in [3.63, 3.8) is 0 Å². The highest BCUT2D eigenvalue weighted by molar-refractivity contribution is 7.89. The second-order valence-electron chi connectivity index (χ2n) is 4.87. The lowest BCUT2D eigenvalue weighted by molar-refractivity contribution is 0.250. The molecular formula is C12H16F2N2O2S. The molecule has 1 saturated heterocycles. The van der Waals surface area contributed by atoms with E-state index in [1.807, 2.05) is 6.92 Å². The van der Waals surface area contributed by atoms with Crippen molar-refractivity contribution in [1.82, 2.24) is 4.31 Å². The fourth-order valence-electron chi connectivity index (χ4n) is 2.13. The molecule has 1 fully saturated rings. The summed E-state index contributed by atoms with van der Waals surface area (Å²) in [6.07, 6.45) is 0.560. The molecule has 2 rings (SSSR count). The zero-order chi connectivity index (χ0) is 14.2. The van der Waals surface area contributed by atoms with Crippen molar-refractivity contribution in [1.29, 1.82) is 0 Å². The molecule has 2 unspecified atom stereocenters. The molecule has 0 radical (unpaired) electrons. The maximum atomic E-state index is 13.1. The van der Waals surface area contributed by atoms with E-state index in [1.165, 1.54) is 4.31 Å². The monoisotopic (exact) mass is 290 g/mol. The second-order valence-corrected chi connectivity index (χ2v) is 6.81.